The lowest BCUT2D eigenvalue weighted by Crippen LogP contribution is -2.51. The van der Waals surface area contributed by atoms with Crippen LogP contribution in [0.4, 0.5) is 5.69 Å². The van der Waals surface area contributed by atoms with Crippen LogP contribution < -0.4 is 10.2 Å². The second-order valence-corrected chi connectivity index (χ2v) is 10.4. The maximum atomic E-state index is 12.9. The van der Waals surface area contributed by atoms with E-state index in [-0.39, 0.29) is 40.5 Å². The molecule has 32 heavy (non-hydrogen) atoms. The Morgan fingerprint density at radius 3 is 2.25 bits per heavy atom. The second-order valence-electron chi connectivity index (χ2n) is 7.69. The summed E-state index contributed by atoms with van der Waals surface area (Å²) >= 11 is 12.2. The molecule has 0 aliphatic carbocycles. The topological polar surface area (TPSA) is 73.0 Å². The van der Waals surface area contributed by atoms with Gasteiger partial charge < -0.3 is 10.2 Å². The molecule has 1 saturated heterocycles. The highest BCUT2D eigenvalue weighted by atomic mass is 35.5. The van der Waals surface area contributed by atoms with Crippen molar-refractivity contribution < 1.29 is 13.2 Å². The molecule has 1 heterocycles. The Hall–Kier alpha value is -1.84. The van der Waals surface area contributed by atoms with Gasteiger partial charge in [0.1, 0.15) is 4.90 Å². The van der Waals surface area contributed by atoms with E-state index in [0.717, 1.165) is 18.7 Å². The minimum atomic E-state index is -3.79. The summed E-state index contributed by atoms with van der Waals surface area (Å²) in [6.07, 6.45) is 0.835. The molecular formula is C22H28Cl2N4O3S. The summed E-state index contributed by atoms with van der Waals surface area (Å²) in [5.74, 6) is -0.0576. The number of anilines is 1. The van der Waals surface area contributed by atoms with Crippen LogP contribution >= 0.6 is 23.2 Å². The highest BCUT2D eigenvalue weighted by Crippen LogP contribution is 2.31. The van der Waals surface area contributed by atoms with Gasteiger partial charge in [-0.15, -0.1) is 0 Å². The van der Waals surface area contributed by atoms with Gasteiger partial charge in [-0.25, -0.2) is 8.42 Å². The highest BCUT2D eigenvalue weighted by molar-refractivity contribution is 7.89. The summed E-state index contributed by atoms with van der Waals surface area (Å²) in [5.41, 5.74) is 1.14. The molecule has 174 valence electrons. The van der Waals surface area contributed by atoms with Crippen molar-refractivity contribution in [2.45, 2.75) is 11.3 Å². The average molecular weight is 499 g/mol. The number of nitrogens with zero attached hydrogens (tertiary/aromatic N) is 3. The summed E-state index contributed by atoms with van der Waals surface area (Å²) < 4.78 is 27.3. The van der Waals surface area contributed by atoms with Crippen molar-refractivity contribution >= 4 is 44.8 Å². The predicted octanol–water partition coefficient (Wildman–Crippen LogP) is 2.94. The van der Waals surface area contributed by atoms with Crippen LogP contribution in [-0.2, 0) is 14.8 Å². The number of benzene rings is 2. The molecule has 0 aromatic heterocycles. The van der Waals surface area contributed by atoms with Gasteiger partial charge in [-0.3, -0.25) is 9.69 Å². The Labute approximate surface area is 199 Å². The molecule has 2 aromatic carbocycles. The molecule has 1 amide bonds. The van der Waals surface area contributed by atoms with Crippen LogP contribution in [0.3, 0.4) is 0 Å². The van der Waals surface area contributed by atoms with Crippen LogP contribution in [0.2, 0.25) is 10.0 Å². The van der Waals surface area contributed by atoms with E-state index in [1.54, 1.807) is 6.07 Å². The number of piperazine rings is 1. The minimum absolute atomic E-state index is 0.0576. The first-order valence-corrected chi connectivity index (χ1v) is 12.7. The molecule has 1 fully saturated rings. The monoisotopic (exact) mass is 498 g/mol. The van der Waals surface area contributed by atoms with Crippen molar-refractivity contribution in [1.29, 1.82) is 0 Å². The Kier molecular flexibility index (Phi) is 8.79. The number of amides is 1. The van der Waals surface area contributed by atoms with E-state index < -0.39 is 10.0 Å². The third-order valence-corrected chi connectivity index (χ3v) is 8.26. The Bertz CT molecular complexity index is 993. The van der Waals surface area contributed by atoms with Crippen LogP contribution in [0, 0.1) is 0 Å². The summed E-state index contributed by atoms with van der Waals surface area (Å²) in [7, 11) is -1.76. The number of hydrogen-bond donors (Lipinski definition) is 1. The van der Waals surface area contributed by atoms with Gasteiger partial charge in [0.2, 0.25) is 15.9 Å². The molecule has 2 aromatic rings. The number of nitrogens with one attached hydrogen (secondary N) is 1. The van der Waals surface area contributed by atoms with E-state index in [9.17, 15) is 13.2 Å². The maximum Gasteiger partial charge on any atom is 0.246 e. The summed E-state index contributed by atoms with van der Waals surface area (Å²) in [6.45, 7) is 3.16. The molecule has 10 heteroatoms. The van der Waals surface area contributed by atoms with Crippen LogP contribution in [0.1, 0.15) is 6.42 Å². The van der Waals surface area contributed by atoms with Gasteiger partial charge >= 0.3 is 0 Å². The molecule has 0 atom stereocenters. The molecule has 1 aliphatic heterocycles. The molecule has 1 aliphatic rings. The Balaban J connectivity index is 1.40. The lowest BCUT2D eigenvalue weighted by Gasteiger charge is -2.33. The van der Waals surface area contributed by atoms with Gasteiger partial charge in [0, 0.05) is 52.0 Å². The third kappa shape index (κ3) is 6.36. The summed E-state index contributed by atoms with van der Waals surface area (Å²) in [6, 6.07) is 14.7. The summed E-state index contributed by atoms with van der Waals surface area (Å²) in [4.78, 5) is 16.3. The number of halogens is 2. The zero-order valence-electron chi connectivity index (χ0n) is 18.0. The molecule has 0 unspecified atom stereocenters. The number of sulfonamides is 1. The fraction of sp³-hybridized carbons (Fsp3) is 0.409. The van der Waals surface area contributed by atoms with Crippen LogP contribution in [0.5, 0.6) is 0 Å². The van der Waals surface area contributed by atoms with E-state index >= 15 is 0 Å². The smallest absolute Gasteiger partial charge is 0.246 e. The SMILES string of the molecule is CN(CCCNC(=O)CN1CCN(S(=O)(=O)c2c(Cl)cccc2Cl)CC1)c1ccccc1. The van der Waals surface area contributed by atoms with Crippen molar-refractivity contribution in [3.05, 3.63) is 58.6 Å². The van der Waals surface area contributed by atoms with E-state index in [2.05, 4.69) is 22.3 Å². The van der Waals surface area contributed by atoms with Crippen molar-refractivity contribution in [3.8, 4) is 0 Å². The quantitative estimate of drug-likeness (QED) is 0.538. The van der Waals surface area contributed by atoms with E-state index in [1.807, 2.05) is 30.1 Å². The predicted molar refractivity (Wildman–Crippen MR) is 129 cm³/mol. The zero-order valence-corrected chi connectivity index (χ0v) is 20.3. The Morgan fingerprint density at radius 2 is 1.62 bits per heavy atom. The zero-order chi connectivity index (χ0) is 23.1. The highest BCUT2D eigenvalue weighted by Gasteiger charge is 2.32. The van der Waals surface area contributed by atoms with E-state index in [1.165, 1.54) is 16.4 Å². The van der Waals surface area contributed by atoms with Crippen molar-refractivity contribution in [2.75, 3.05) is 57.8 Å². The van der Waals surface area contributed by atoms with Crippen LogP contribution in [0.15, 0.2) is 53.4 Å². The molecule has 0 radical (unpaired) electrons. The molecule has 3 rings (SSSR count). The van der Waals surface area contributed by atoms with Gasteiger partial charge in [-0.05, 0) is 30.7 Å². The second kappa shape index (κ2) is 11.3. The minimum Gasteiger partial charge on any atom is -0.375 e. The van der Waals surface area contributed by atoms with Crippen LogP contribution in [0.25, 0.3) is 0 Å². The molecule has 0 saturated carbocycles. The lowest BCUT2D eigenvalue weighted by molar-refractivity contribution is -0.122. The van der Waals surface area contributed by atoms with Crippen molar-refractivity contribution in [3.63, 3.8) is 0 Å². The summed E-state index contributed by atoms with van der Waals surface area (Å²) in [5, 5.41) is 3.16. The van der Waals surface area contributed by atoms with Crippen LogP contribution in [-0.4, -0.2) is 76.4 Å². The van der Waals surface area contributed by atoms with E-state index in [0.29, 0.717) is 19.6 Å². The first-order chi connectivity index (χ1) is 15.3. The standard InChI is InChI=1S/C22H28Cl2N4O3S/c1-26(18-7-3-2-4-8-18)12-6-11-25-21(29)17-27-13-15-28(16-14-27)32(30,31)22-19(23)9-5-10-20(22)24/h2-5,7-10H,6,11-17H2,1H3,(H,25,29). The van der Waals surface area contributed by atoms with E-state index in [4.69, 9.17) is 23.2 Å². The van der Waals surface area contributed by atoms with Crippen molar-refractivity contribution in [2.24, 2.45) is 0 Å². The average Bonchev–Trinajstić information content (AvgIpc) is 2.77. The molecule has 1 N–H and O–H groups in total. The fourth-order valence-corrected chi connectivity index (χ4v) is 6.11. The molecule has 0 spiro atoms. The third-order valence-electron chi connectivity index (χ3n) is 5.40. The number of hydrogen-bond acceptors (Lipinski definition) is 5. The van der Waals surface area contributed by atoms with Gasteiger partial charge in [0.15, 0.2) is 0 Å². The molecule has 0 bridgehead atoms. The van der Waals surface area contributed by atoms with Gasteiger partial charge in [-0.1, -0.05) is 47.5 Å². The van der Waals surface area contributed by atoms with Gasteiger partial charge in [-0.2, -0.15) is 4.31 Å². The molecule has 7 nitrogen and oxygen atoms in total. The first-order valence-electron chi connectivity index (χ1n) is 10.5. The van der Waals surface area contributed by atoms with Gasteiger partial charge in [0.25, 0.3) is 0 Å². The molecular weight excluding hydrogens is 471 g/mol. The number of carbonyl (C=O) groups excluding carboxylic acids is 1. The Morgan fingerprint density at radius 1 is 1.00 bits per heavy atom. The number of carbonyl (C=O) groups is 1. The fourth-order valence-electron chi connectivity index (χ4n) is 3.60. The lowest BCUT2D eigenvalue weighted by atomic mass is 10.3. The van der Waals surface area contributed by atoms with Crippen molar-refractivity contribution in [1.82, 2.24) is 14.5 Å². The maximum absolute atomic E-state index is 12.9. The number of rotatable bonds is 9. The van der Waals surface area contributed by atoms with Gasteiger partial charge in [0.05, 0.1) is 16.6 Å². The first kappa shape index (κ1) is 24.8. The number of para-hydroxylation sites is 1. The largest absolute Gasteiger partial charge is 0.375 e. The normalized spacial score (nSPS) is 15.5.